The van der Waals surface area contributed by atoms with Gasteiger partial charge in [0.15, 0.2) is 0 Å². The van der Waals surface area contributed by atoms with Crippen LogP contribution in [0.3, 0.4) is 0 Å². The molecule has 0 amide bonds. The molecule has 3 heteroatoms. The fourth-order valence-corrected chi connectivity index (χ4v) is 8.32. The average molecular weight is 803 g/mol. The number of fused-ring (bicyclic) bond motifs is 5. The zero-order chi connectivity index (χ0) is 36.0. The second-order valence-electron chi connectivity index (χ2n) is 16.1. The Morgan fingerprint density at radius 1 is 0.596 bits per heavy atom. The number of allylic oxidation sites excluding steroid dienone is 4. The summed E-state index contributed by atoms with van der Waals surface area (Å²) in [6, 6.07) is 33.9. The normalized spacial score (nSPS) is 15.1. The van der Waals surface area contributed by atoms with E-state index in [1.807, 2.05) is 0 Å². The van der Waals surface area contributed by atoms with E-state index in [-0.39, 0.29) is 35.6 Å². The van der Waals surface area contributed by atoms with E-state index in [0.717, 1.165) is 12.8 Å². The van der Waals surface area contributed by atoms with Crippen molar-refractivity contribution in [2.75, 3.05) is 0 Å². The van der Waals surface area contributed by atoms with Crippen molar-refractivity contribution < 1.29 is 49.0 Å². The smallest absolute Gasteiger partial charge is 1.00 e. The van der Waals surface area contributed by atoms with Gasteiger partial charge < -0.3 is 24.8 Å². The Labute approximate surface area is 341 Å². The number of benzene rings is 4. The summed E-state index contributed by atoms with van der Waals surface area (Å²) in [5.74, 6) is 0. The predicted molar refractivity (Wildman–Crippen MR) is 214 cm³/mol. The molecule has 0 saturated carbocycles. The van der Waals surface area contributed by atoms with Crippen molar-refractivity contribution in [3.8, 4) is 11.1 Å². The van der Waals surface area contributed by atoms with Crippen LogP contribution in [0.4, 0.5) is 0 Å². The van der Waals surface area contributed by atoms with Crippen molar-refractivity contribution in [2.24, 2.45) is 0 Å². The summed E-state index contributed by atoms with van der Waals surface area (Å²) in [6.07, 6.45) is 9.28. The molecule has 5 aromatic rings. The summed E-state index contributed by atoms with van der Waals surface area (Å²) >= 11 is 1.46. The molecule has 0 spiro atoms. The molecule has 8 rings (SSSR count). The third kappa shape index (κ3) is 8.82. The van der Waals surface area contributed by atoms with Gasteiger partial charge in [-0.2, -0.15) is 23.3 Å². The zero-order valence-corrected chi connectivity index (χ0v) is 36.5. The van der Waals surface area contributed by atoms with Gasteiger partial charge in [-0.3, -0.25) is 0 Å². The van der Waals surface area contributed by atoms with Crippen molar-refractivity contribution in [1.29, 1.82) is 0 Å². The molecule has 0 nitrogen and oxygen atoms in total. The third-order valence-electron chi connectivity index (χ3n) is 10.8. The largest absolute Gasteiger partial charge is 1.00 e. The van der Waals surface area contributed by atoms with E-state index in [1.165, 1.54) is 116 Å². The van der Waals surface area contributed by atoms with Crippen molar-refractivity contribution in [3.63, 3.8) is 0 Å². The van der Waals surface area contributed by atoms with E-state index >= 15 is 0 Å². The molecular formula is C49H52Cl2Zr-2. The molecule has 0 radical (unpaired) electrons. The Bertz CT molecular complexity index is 1980. The summed E-state index contributed by atoms with van der Waals surface area (Å²) < 4.78 is 1.42. The molecule has 0 aliphatic heterocycles. The van der Waals surface area contributed by atoms with Gasteiger partial charge in [-0.1, -0.05) is 76.8 Å². The van der Waals surface area contributed by atoms with Gasteiger partial charge in [-0.05, 0) is 70.2 Å². The first-order chi connectivity index (χ1) is 23.6. The van der Waals surface area contributed by atoms with E-state index in [1.54, 1.807) is 0 Å². The topological polar surface area (TPSA) is 0 Å². The molecule has 3 aliphatic rings. The summed E-state index contributed by atoms with van der Waals surface area (Å²) in [7, 11) is 0. The van der Waals surface area contributed by atoms with Gasteiger partial charge in [-0.25, -0.2) is 24.1 Å². The molecule has 0 unspecified atom stereocenters. The predicted octanol–water partition coefficient (Wildman–Crippen LogP) is 6.69. The van der Waals surface area contributed by atoms with Gasteiger partial charge in [0.1, 0.15) is 0 Å². The van der Waals surface area contributed by atoms with Crippen molar-refractivity contribution in [1.82, 2.24) is 0 Å². The van der Waals surface area contributed by atoms with Gasteiger partial charge in [0.2, 0.25) is 0 Å². The number of hydrogen-bond acceptors (Lipinski definition) is 0. The zero-order valence-electron chi connectivity index (χ0n) is 32.6. The van der Waals surface area contributed by atoms with E-state index in [0.29, 0.717) is 0 Å². The fourth-order valence-electron chi connectivity index (χ4n) is 7.50. The Kier molecular flexibility index (Phi) is 13.2. The Balaban J connectivity index is 0.000000205. The van der Waals surface area contributed by atoms with Crippen LogP contribution in [0.15, 0.2) is 103 Å². The van der Waals surface area contributed by atoms with Crippen molar-refractivity contribution in [3.05, 3.63) is 176 Å². The van der Waals surface area contributed by atoms with Gasteiger partial charge in [0, 0.05) is 0 Å². The van der Waals surface area contributed by atoms with Gasteiger partial charge in [-0.15, -0.1) is 12.5 Å². The van der Waals surface area contributed by atoms with E-state index < -0.39 is 0 Å². The molecule has 52 heavy (non-hydrogen) atoms. The first-order valence-electron chi connectivity index (χ1n) is 18.1. The molecule has 5 aromatic carbocycles. The van der Waals surface area contributed by atoms with Crippen LogP contribution in [-0.2, 0) is 41.5 Å². The molecule has 0 aromatic heterocycles. The van der Waals surface area contributed by atoms with Crippen molar-refractivity contribution >= 4 is 14.4 Å². The first-order valence-corrected chi connectivity index (χ1v) is 19.3. The van der Waals surface area contributed by atoms with Gasteiger partial charge >= 0.3 is 112 Å². The Morgan fingerprint density at radius 2 is 1.10 bits per heavy atom. The first kappa shape index (κ1) is 41.7. The van der Waals surface area contributed by atoms with Crippen LogP contribution in [0.25, 0.3) is 22.3 Å². The van der Waals surface area contributed by atoms with Crippen LogP contribution < -0.4 is 24.8 Å². The van der Waals surface area contributed by atoms with Gasteiger partial charge in [0.05, 0.1) is 0 Å². The van der Waals surface area contributed by atoms with E-state index in [4.69, 9.17) is 0 Å². The average Bonchev–Trinajstić information content (AvgIpc) is 3.65. The molecule has 268 valence electrons. The Hall–Kier alpha value is -3.09. The third-order valence-corrected chi connectivity index (χ3v) is 12.3. The molecular weight excluding hydrogens is 751 g/mol. The number of aryl methyl sites for hydroxylation is 4. The standard InChI is InChI=1S/C27H29.C15H14.C7H9.2ClH.Zr/c1-16-7-9-26(3,4)24-12-18-11-19-13-25-21(17(2)8-10-27(25,5)6)15-23(19)22(18)14-20(16)24;1-12-3-7-14(8-4-12)11-15-9-5-13(2)6-10-15;1-6-3-4-7(2)5-6;;;/h7-9,12-15H,10-11H2,1-6H3;3-10H,1-2H3;3-5H,1-2H3;2*1H;/q-1;;-1;;;+2/p-2. The van der Waals surface area contributed by atoms with Gasteiger partial charge in [0.25, 0.3) is 0 Å². The van der Waals surface area contributed by atoms with Crippen LogP contribution >= 0.6 is 0 Å². The SMILES string of the molecule is CC1=C[CH-]C(C)(C)c2cc3c(cc21)-c1cc2c(cc1C3)C(C)(C)CC=C2C.Cc1c[cH-]c(C)c1.Cc1ccc([C](=[Zr+2])c2ccc(C)cc2)cc1.[Cl-].[Cl-]. The van der Waals surface area contributed by atoms with Crippen LogP contribution in [0, 0.1) is 34.1 Å². The Morgan fingerprint density at radius 3 is 1.56 bits per heavy atom. The molecule has 0 bridgehead atoms. The second kappa shape index (κ2) is 16.5. The van der Waals surface area contributed by atoms with E-state index in [2.05, 4.69) is 179 Å². The summed E-state index contributed by atoms with van der Waals surface area (Å²) in [5.41, 5.74) is 23.0. The fraction of sp³-hybridized carbons (Fsp3) is 0.286. The molecule has 0 saturated heterocycles. The maximum absolute atomic E-state index is 2.51. The van der Waals surface area contributed by atoms with E-state index in [9.17, 15) is 0 Å². The summed E-state index contributed by atoms with van der Waals surface area (Å²) in [5, 5.41) is 0. The number of halogens is 2. The quantitative estimate of drug-likeness (QED) is 0.172. The maximum atomic E-state index is 2.51. The minimum Gasteiger partial charge on any atom is -1.00 e. The molecule has 0 N–H and O–H groups in total. The summed E-state index contributed by atoms with van der Waals surface area (Å²) in [6.45, 7) is 22.4. The number of rotatable bonds is 2. The minimum absolute atomic E-state index is 0. The summed E-state index contributed by atoms with van der Waals surface area (Å²) in [4.78, 5) is 0. The minimum atomic E-state index is 0. The molecule has 0 atom stereocenters. The second-order valence-corrected chi connectivity index (χ2v) is 17.3. The maximum Gasteiger partial charge on any atom is -1.00 e. The molecule has 0 heterocycles. The van der Waals surface area contributed by atoms with Crippen LogP contribution in [0.2, 0.25) is 0 Å². The van der Waals surface area contributed by atoms with Crippen molar-refractivity contribution in [2.45, 2.75) is 92.9 Å². The van der Waals surface area contributed by atoms with Crippen LogP contribution in [0.1, 0.15) is 115 Å². The van der Waals surface area contributed by atoms with Crippen LogP contribution in [-0.4, -0.2) is 3.21 Å². The molecule has 3 aliphatic carbocycles. The number of hydrogen-bond donors (Lipinski definition) is 0. The molecule has 0 fully saturated rings. The van der Waals surface area contributed by atoms with Crippen LogP contribution in [0.5, 0.6) is 0 Å². The monoisotopic (exact) mass is 800 g/mol.